The predicted molar refractivity (Wildman–Crippen MR) is 231 cm³/mol. The standard InChI is InChI=1S/C52H33N3/c1-4-17-35(18-5-1)49-41-25-12-13-26-42(41)51(50-39-23-11-10-16-34(39)28-30-43(49)50)46-33-45(53-52(54-46)36-19-6-2-7-20-36)37-29-31-48-44(32-37)40-24-14-15-27-47(40)55(48)38-21-8-3-9-22-38/h1-33H. The fourth-order valence-electron chi connectivity index (χ4n) is 8.56. The minimum atomic E-state index is 0.699. The minimum absolute atomic E-state index is 0.699. The van der Waals surface area contributed by atoms with E-state index in [9.17, 15) is 0 Å². The topological polar surface area (TPSA) is 30.7 Å². The average molecular weight is 700 g/mol. The molecule has 0 unspecified atom stereocenters. The van der Waals surface area contributed by atoms with E-state index in [1.807, 2.05) is 6.07 Å². The molecule has 0 saturated carbocycles. The number of aromatic nitrogens is 3. The molecule has 0 saturated heterocycles. The van der Waals surface area contributed by atoms with Gasteiger partial charge in [0.05, 0.1) is 22.4 Å². The SMILES string of the molecule is c1ccc(-c2nc(-c3ccc4c(c3)c3ccccc3n4-c3ccccc3)cc(-c3c4ccccc4c(-c4ccccc4)c4ccc5ccccc5c34)n2)cc1. The molecule has 0 N–H and O–H groups in total. The van der Waals surface area contributed by atoms with E-state index < -0.39 is 0 Å². The molecule has 3 heteroatoms. The smallest absolute Gasteiger partial charge is 0.160 e. The van der Waals surface area contributed by atoms with Crippen LogP contribution in [0, 0.1) is 0 Å². The zero-order valence-electron chi connectivity index (χ0n) is 29.9. The van der Waals surface area contributed by atoms with E-state index in [-0.39, 0.29) is 0 Å². The van der Waals surface area contributed by atoms with Crippen LogP contribution in [0.5, 0.6) is 0 Å². The predicted octanol–water partition coefficient (Wildman–Crippen LogP) is 13.7. The lowest BCUT2D eigenvalue weighted by atomic mass is 9.85. The Morgan fingerprint density at radius 3 is 1.67 bits per heavy atom. The first-order chi connectivity index (χ1) is 27.3. The molecule has 3 nitrogen and oxygen atoms in total. The summed E-state index contributed by atoms with van der Waals surface area (Å²) in [5.74, 6) is 0.699. The van der Waals surface area contributed by atoms with Gasteiger partial charge in [-0.1, -0.05) is 164 Å². The summed E-state index contributed by atoms with van der Waals surface area (Å²) in [5, 5.41) is 9.56. The Kier molecular flexibility index (Phi) is 7.17. The van der Waals surface area contributed by atoms with Crippen LogP contribution in [0.25, 0.3) is 105 Å². The molecule has 0 aliphatic rings. The first-order valence-electron chi connectivity index (χ1n) is 18.8. The summed E-state index contributed by atoms with van der Waals surface area (Å²) in [7, 11) is 0. The Morgan fingerprint density at radius 1 is 0.327 bits per heavy atom. The lowest BCUT2D eigenvalue weighted by Crippen LogP contribution is -1.98. The van der Waals surface area contributed by atoms with Crippen molar-refractivity contribution < 1.29 is 0 Å². The Morgan fingerprint density at radius 2 is 0.909 bits per heavy atom. The van der Waals surface area contributed by atoms with Gasteiger partial charge in [0.1, 0.15) is 0 Å². The second-order valence-corrected chi connectivity index (χ2v) is 14.1. The number of hydrogen-bond donors (Lipinski definition) is 0. The molecule has 0 atom stereocenters. The molecule has 0 amide bonds. The van der Waals surface area contributed by atoms with Crippen molar-refractivity contribution in [1.29, 1.82) is 0 Å². The van der Waals surface area contributed by atoms with Crippen LogP contribution in [0.1, 0.15) is 0 Å². The average Bonchev–Trinajstić information content (AvgIpc) is 3.60. The third kappa shape index (κ3) is 5.05. The van der Waals surface area contributed by atoms with Crippen molar-refractivity contribution in [1.82, 2.24) is 14.5 Å². The highest BCUT2D eigenvalue weighted by Gasteiger charge is 2.22. The molecule has 2 heterocycles. The van der Waals surface area contributed by atoms with Crippen molar-refractivity contribution in [3.63, 3.8) is 0 Å². The van der Waals surface area contributed by atoms with Crippen LogP contribution < -0.4 is 0 Å². The van der Waals surface area contributed by atoms with Gasteiger partial charge >= 0.3 is 0 Å². The fraction of sp³-hybridized carbons (Fsp3) is 0. The van der Waals surface area contributed by atoms with Crippen molar-refractivity contribution >= 4 is 54.1 Å². The first-order valence-corrected chi connectivity index (χ1v) is 18.8. The number of para-hydroxylation sites is 2. The summed E-state index contributed by atoms with van der Waals surface area (Å²) in [6.45, 7) is 0. The maximum absolute atomic E-state index is 5.45. The maximum atomic E-state index is 5.45. The van der Waals surface area contributed by atoms with Gasteiger partial charge in [0, 0.05) is 38.5 Å². The molecule has 0 fully saturated rings. The van der Waals surface area contributed by atoms with Crippen LogP contribution in [-0.2, 0) is 0 Å². The Hall–Kier alpha value is -7.36. The molecular weight excluding hydrogens is 667 g/mol. The second-order valence-electron chi connectivity index (χ2n) is 14.1. The molecule has 0 aliphatic heterocycles. The van der Waals surface area contributed by atoms with Gasteiger partial charge in [-0.25, -0.2) is 9.97 Å². The van der Waals surface area contributed by atoms with Crippen LogP contribution >= 0.6 is 0 Å². The van der Waals surface area contributed by atoms with Gasteiger partial charge < -0.3 is 4.57 Å². The van der Waals surface area contributed by atoms with Gasteiger partial charge in [-0.2, -0.15) is 0 Å². The van der Waals surface area contributed by atoms with Crippen molar-refractivity contribution in [2.75, 3.05) is 0 Å². The second kappa shape index (κ2) is 12.6. The van der Waals surface area contributed by atoms with Crippen LogP contribution in [0.4, 0.5) is 0 Å². The summed E-state index contributed by atoms with van der Waals surface area (Å²) < 4.78 is 2.35. The van der Waals surface area contributed by atoms with Crippen molar-refractivity contribution in [2.24, 2.45) is 0 Å². The Balaban J connectivity index is 1.24. The fourth-order valence-corrected chi connectivity index (χ4v) is 8.56. The van der Waals surface area contributed by atoms with E-state index in [0.717, 1.165) is 44.7 Å². The summed E-state index contributed by atoms with van der Waals surface area (Å²) in [4.78, 5) is 10.8. The van der Waals surface area contributed by atoms with Crippen LogP contribution in [0.2, 0.25) is 0 Å². The van der Waals surface area contributed by atoms with Gasteiger partial charge in [-0.3, -0.25) is 0 Å². The van der Waals surface area contributed by atoms with Gasteiger partial charge in [0.25, 0.3) is 0 Å². The quantitative estimate of drug-likeness (QED) is 0.132. The molecule has 0 bridgehead atoms. The van der Waals surface area contributed by atoms with Gasteiger partial charge in [0.15, 0.2) is 5.82 Å². The number of hydrogen-bond acceptors (Lipinski definition) is 2. The lowest BCUT2D eigenvalue weighted by molar-refractivity contribution is 1.18. The Labute approximate surface area is 318 Å². The Bertz CT molecular complexity index is 3240. The maximum Gasteiger partial charge on any atom is 0.160 e. The molecule has 55 heavy (non-hydrogen) atoms. The molecular formula is C52H33N3. The van der Waals surface area contributed by atoms with E-state index in [0.29, 0.717) is 5.82 Å². The van der Waals surface area contributed by atoms with Gasteiger partial charge in [0.2, 0.25) is 0 Å². The highest BCUT2D eigenvalue weighted by Crippen LogP contribution is 2.46. The van der Waals surface area contributed by atoms with E-state index in [2.05, 4.69) is 199 Å². The van der Waals surface area contributed by atoms with E-state index in [1.54, 1.807) is 0 Å². The van der Waals surface area contributed by atoms with Crippen molar-refractivity contribution in [3.8, 4) is 50.7 Å². The lowest BCUT2D eigenvalue weighted by Gasteiger charge is -2.19. The molecule has 11 aromatic rings. The molecule has 0 spiro atoms. The first kappa shape index (κ1) is 31.2. The van der Waals surface area contributed by atoms with Crippen LogP contribution in [0.15, 0.2) is 200 Å². The number of nitrogens with zero attached hydrogens (tertiary/aromatic N) is 3. The van der Waals surface area contributed by atoms with Gasteiger partial charge in [-0.15, -0.1) is 0 Å². The molecule has 11 rings (SSSR count). The van der Waals surface area contributed by atoms with Crippen LogP contribution in [-0.4, -0.2) is 14.5 Å². The zero-order valence-corrected chi connectivity index (χ0v) is 29.9. The molecule has 0 aliphatic carbocycles. The summed E-state index contributed by atoms with van der Waals surface area (Å²) in [6, 6.07) is 71.5. The number of rotatable bonds is 5. The van der Waals surface area contributed by atoms with E-state index in [1.165, 1.54) is 54.3 Å². The summed E-state index contributed by atoms with van der Waals surface area (Å²) in [5.41, 5.74) is 10.8. The van der Waals surface area contributed by atoms with Crippen LogP contribution in [0.3, 0.4) is 0 Å². The highest BCUT2D eigenvalue weighted by atomic mass is 15.0. The monoisotopic (exact) mass is 699 g/mol. The van der Waals surface area contributed by atoms with E-state index in [4.69, 9.17) is 9.97 Å². The van der Waals surface area contributed by atoms with Gasteiger partial charge in [-0.05, 0) is 74.5 Å². The summed E-state index contributed by atoms with van der Waals surface area (Å²) >= 11 is 0. The van der Waals surface area contributed by atoms with Crippen molar-refractivity contribution in [2.45, 2.75) is 0 Å². The summed E-state index contributed by atoms with van der Waals surface area (Å²) in [6.07, 6.45) is 0. The molecule has 256 valence electrons. The van der Waals surface area contributed by atoms with Crippen molar-refractivity contribution in [3.05, 3.63) is 200 Å². The minimum Gasteiger partial charge on any atom is -0.309 e. The molecule has 0 radical (unpaired) electrons. The normalized spacial score (nSPS) is 11.6. The number of fused-ring (bicyclic) bond motifs is 7. The largest absolute Gasteiger partial charge is 0.309 e. The third-order valence-electron chi connectivity index (χ3n) is 11.0. The zero-order chi connectivity index (χ0) is 36.3. The highest BCUT2D eigenvalue weighted by molar-refractivity contribution is 6.27. The molecule has 9 aromatic carbocycles. The molecule has 2 aromatic heterocycles. The van der Waals surface area contributed by atoms with E-state index >= 15 is 0 Å². The number of benzene rings is 9. The third-order valence-corrected chi connectivity index (χ3v) is 11.0.